The number of benzene rings is 2. The molecule has 1 saturated heterocycles. The van der Waals surface area contributed by atoms with Gasteiger partial charge in [-0.05, 0) is 17.7 Å². The fourth-order valence-electron chi connectivity index (χ4n) is 4.50. The molecule has 0 radical (unpaired) electrons. The number of esters is 2. The molecule has 1 fully saturated rings. The van der Waals surface area contributed by atoms with Crippen LogP contribution in [0.5, 0.6) is 0 Å². The molecule has 32 heavy (non-hydrogen) atoms. The van der Waals surface area contributed by atoms with Crippen LogP contribution < -0.4 is 0 Å². The second-order valence-electron chi connectivity index (χ2n) is 7.38. The third-order valence-electron chi connectivity index (χ3n) is 5.86. The lowest BCUT2D eigenvalue weighted by Crippen LogP contribution is -2.51. The van der Waals surface area contributed by atoms with E-state index in [1.54, 1.807) is 42.5 Å². The largest absolute Gasteiger partial charge is 0.469 e. The third-order valence-corrected chi connectivity index (χ3v) is 5.86. The van der Waals surface area contributed by atoms with Gasteiger partial charge in [0.1, 0.15) is 12.0 Å². The zero-order chi connectivity index (χ0) is 23.0. The summed E-state index contributed by atoms with van der Waals surface area (Å²) in [5.74, 6) is -5.32. The number of ether oxygens (including phenoxy) is 2. The number of hydrazine groups is 1. The first kappa shape index (κ1) is 21.2. The molecule has 162 valence electrons. The van der Waals surface area contributed by atoms with E-state index in [1.807, 2.05) is 6.07 Å². The molecule has 2 aliphatic heterocycles. The highest BCUT2D eigenvalue weighted by molar-refractivity contribution is 6.21. The molecule has 0 spiro atoms. The number of carbonyl (C=O) groups is 4. The summed E-state index contributed by atoms with van der Waals surface area (Å²) in [6, 6.07) is 14.5. The van der Waals surface area contributed by atoms with Crippen LogP contribution in [-0.4, -0.2) is 54.0 Å². The molecule has 2 aromatic rings. The Morgan fingerprint density at radius 1 is 0.844 bits per heavy atom. The lowest BCUT2D eigenvalue weighted by atomic mass is 9.84. The van der Waals surface area contributed by atoms with Crippen molar-refractivity contribution in [3.05, 3.63) is 71.3 Å². The van der Waals surface area contributed by atoms with E-state index in [4.69, 9.17) is 9.47 Å². The molecular weight excluding hydrogens is 414 g/mol. The number of nitriles is 1. The lowest BCUT2D eigenvalue weighted by molar-refractivity contribution is -0.156. The number of rotatable bonds is 4. The Morgan fingerprint density at radius 2 is 1.34 bits per heavy atom. The topological polar surface area (TPSA) is 117 Å². The third kappa shape index (κ3) is 3.04. The summed E-state index contributed by atoms with van der Waals surface area (Å²) >= 11 is 0. The molecule has 2 aliphatic rings. The van der Waals surface area contributed by atoms with Crippen LogP contribution in [0.2, 0.25) is 0 Å². The van der Waals surface area contributed by atoms with Crippen molar-refractivity contribution in [2.75, 3.05) is 14.2 Å². The van der Waals surface area contributed by atoms with Gasteiger partial charge in [0.2, 0.25) is 0 Å². The fraction of sp³-hybridized carbons (Fsp3) is 0.261. The normalized spacial score (nSPS) is 24.7. The molecule has 0 N–H and O–H groups in total. The van der Waals surface area contributed by atoms with Crippen molar-refractivity contribution in [2.24, 2.45) is 11.8 Å². The Balaban J connectivity index is 1.93. The van der Waals surface area contributed by atoms with E-state index in [0.717, 1.165) is 12.1 Å². The van der Waals surface area contributed by atoms with E-state index < -0.39 is 47.7 Å². The summed E-state index contributed by atoms with van der Waals surface area (Å²) in [7, 11) is 2.32. The molecule has 0 aliphatic carbocycles. The van der Waals surface area contributed by atoms with Crippen LogP contribution in [0.15, 0.2) is 54.6 Å². The quantitative estimate of drug-likeness (QED) is 0.529. The lowest BCUT2D eigenvalue weighted by Gasteiger charge is -2.34. The molecule has 0 bridgehead atoms. The minimum atomic E-state index is -1.33. The van der Waals surface area contributed by atoms with Gasteiger partial charge < -0.3 is 9.47 Å². The maximum absolute atomic E-state index is 13.2. The van der Waals surface area contributed by atoms with Crippen LogP contribution in [0.3, 0.4) is 0 Å². The number of hydrogen-bond donors (Lipinski definition) is 0. The van der Waals surface area contributed by atoms with Crippen LogP contribution >= 0.6 is 0 Å². The molecule has 2 amide bonds. The van der Waals surface area contributed by atoms with Gasteiger partial charge in [-0.3, -0.25) is 19.2 Å². The van der Waals surface area contributed by atoms with Crippen molar-refractivity contribution in [1.82, 2.24) is 10.0 Å². The monoisotopic (exact) mass is 433 g/mol. The number of nitrogens with zero attached hydrogens (tertiary/aromatic N) is 3. The van der Waals surface area contributed by atoms with E-state index >= 15 is 0 Å². The van der Waals surface area contributed by atoms with E-state index in [2.05, 4.69) is 0 Å². The molecule has 0 saturated carbocycles. The van der Waals surface area contributed by atoms with Crippen LogP contribution in [0.25, 0.3) is 0 Å². The number of hydrogen-bond acceptors (Lipinski definition) is 8. The maximum Gasteiger partial charge on any atom is 0.312 e. The molecule has 0 unspecified atom stereocenters. The van der Waals surface area contributed by atoms with Gasteiger partial charge in [-0.15, -0.1) is 0 Å². The fourth-order valence-corrected chi connectivity index (χ4v) is 4.50. The predicted octanol–water partition coefficient (Wildman–Crippen LogP) is 1.73. The summed E-state index contributed by atoms with van der Waals surface area (Å²) in [6.07, 6.45) is 0. The highest BCUT2D eigenvalue weighted by Crippen LogP contribution is 2.48. The van der Waals surface area contributed by atoms with E-state index in [1.165, 1.54) is 24.3 Å². The van der Waals surface area contributed by atoms with E-state index in [-0.39, 0.29) is 11.1 Å². The Hall–Kier alpha value is -4.03. The van der Waals surface area contributed by atoms with E-state index in [9.17, 15) is 24.4 Å². The standard InChI is InChI=1S/C23H19N3O6/c1-31-22(29)17-16(12-24)25(26-20(27)14-10-6-7-11-15(14)21(26)28)19(18(17)23(30)32-2)13-8-4-3-5-9-13/h3-11,16-19H,1-2H3/t16-,17-,18+,19+/m1/s1. The Morgan fingerprint density at radius 3 is 1.84 bits per heavy atom. The van der Waals surface area contributed by atoms with Gasteiger partial charge in [0.15, 0.2) is 0 Å². The number of imide groups is 1. The molecule has 9 nitrogen and oxygen atoms in total. The van der Waals surface area contributed by atoms with Crippen LogP contribution in [0.4, 0.5) is 0 Å². The molecule has 4 rings (SSSR count). The summed E-state index contributed by atoms with van der Waals surface area (Å²) in [4.78, 5) is 52.1. The van der Waals surface area contributed by atoms with Gasteiger partial charge in [0, 0.05) is 0 Å². The van der Waals surface area contributed by atoms with Crippen LogP contribution in [-0.2, 0) is 19.1 Å². The highest BCUT2D eigenvalue weighted by atomic mass is 16.5. The highest BCUT2D eigenvalue weighted by Gasteiger charge is 2.61. The Bertz CT molecular complexity index is 1110. The first-order valence-corrected chi connectivity index (χ1v) is 9.82. The molecule has 2 heterocycles. The molecule has 4 atom stereocenters. The van der Waals surface area contributed by atoms with Crippen LogP contribution in [0.1, 0.15) is 32.3 Å². The minimum absolute atomic E-state index is 0.178. The first-order chi connectivity index (χ1) is 15.5. The molecule has 9 heteroatoms. The Kier molecular flexibility index (Phi) is 5.47. The van der Waals surface area contributed by atoms with Crippen molar-refractivity contribution >= 4 is 23.8 Å². The maximum atomic E-state index is 13.2. The summed E-state index contributed by atoms with van der Waals surface area (Å²) in [6.45, 7) is 0. The van der Waals surface area contributed by atoms with Crippen molar-refractivity contribution in [2.45, 2.75) is 12.1 Å². The van der Waals surface area contributed by atoms with E-state index in [0.29, 0.717) is 5.56 Å². The summed E-state index contributed by atoms with van der Waals surface area (Å²) in [5, 5.41) is 12.1. The van der Waals surface area contributed by atoms with Gasteiger partial charge in [-0.1, -0.05) is 42.5 Å². The molecular formula is C23H19N3O6. The zero-order valence-electron chi connectivity index (χ0n) is 17.3. The van der Waals surface area contributed by atoms with Gasteiger partial charge in [-0.2, -0.15) is 15.3 Å². The van der Waals surface area contributed by atoms with Gasteiger partial charge in [0.05, 0.1) is 43.4 Å². The van der Waals surface area contributed by atoms with Gasteiger partial charge in [-0.25, -0.2) is 0 Å². The Labute approximate surface area is 183 Å². The second kappa shape index (κ2) is 8.24. The number of fused-ring (bicyclic) bond motifs is 1. The van der Waals surface area contributed by atoms with Gasteiger partial charge >= 0.3 is 11.9 Å². The first-order valence-electron chi connectivity index (χ1n) is 9.82. The molecule has 0 aromatic heterocycles. The summed E-state index contributed by atoms with van der Waals surface area (Å²) in [5.41, 5.74) is 0.889. The second-order valence-corrected chi connectivity index (χ2v) is 7.38. The average Bonchev–Trinajstić information content (AvgIpc) is 3.30. The predicted molar refractivity (Wildman–Crippen MR) is 108 cm³/mol. The zero-order valence-corrected chi connectivity index (χ0v) is 17.3. The van der Waals surface area contributed by atoms with Gasteiger partial charge in [0.25, 0.3) is 11.8 Å². The molecule has 2 aromatic carbocycles. The van der Waals surface area contributed by atoms with Crippen molar-refractivity contribution in [3.63, 3.8) is 0 Å². The summed E-state index contributed by atoms with van der Waals surface area (Å²) < 4.78 is 9.85. The number of carbonyl (C=O) groups excluding carboxylic acids is 4. The van der Waals surface area contributed by atoms with Crippen molar-refractivity contribution < 1.29 is 28.7 Å². The number of amides is 2. The van der Waals surface area contributed by atoms with Crippen LogP contribution in [0, 0.1) is 23.2 Å². The number of methoxy groups -OCH3 is 2. The minimum Gasteiger partial charge on any atom is -0.469 e. The smallest absolute Gasteiger partial charge is 0.312 e. The van der Waals surface area contributed by atoms with Crippen molar-refractivity contribution in [1.29, 1.82) is 5.26 Å². The average molecular weight is 433 g/mol. The SMILES string of the molecule is COC(=O)[C@H]1[C@H](C(=O)OC)[C@H](c2ccccc2)N(N2C(=O)c3ccccc3C2=O)[C@@H]1C#N. The van der Waals surface area contributed by atoms with Crippen molar-refractivity contribution in [3.8, 4) is 6.07 Å².